The maximum atomic E-state index is 13.9. The van der Waals surface area contributed by atoms with Crippen molar-refractivity contribution >= 4 is 18.3 Å². The van der Waals surface area contributed by atoms with Gasteiger partial charge >= 0.3 is 6.18 Å². The summed E-state index contributed by atoms with van der Waals surface area (Å²) < 4.78 is 65.0. The summed E-state index contributed by atoms with van der Waals surface area (Å²) in [5, 5.41) is 0. The van der Waals surface area contributed by atoms with Crippen LogP contribution < -0.4 is 0 Å². The minimum absolute atomic E-state index is 0.00516. The molecule has 0 amide bonds. The Morgan fingerprint density at radius 3 is 2.33 bits per heavy atom. The van der Waals surface area contributed by atoms with E-state index in [0.29, 0.717) is 6.07 Å². The second kappa shape index (κ2) is 7.38. The molecule has 0 heterocycles. The van der Waals surface area contributed by atoms with E-state index in [1.807, 2.05) is 0 Å². The maximum absolute atomic E-state index is 13.9. The van der Waals surface area contributed by atoms with Gasteiger partial charge in [0.2, 0.25) is 0 Å². The van der Waals surface area contributed by atoms with Gasteiger partial charge in [-0.3, -0.25) is 14.6 Å². The molecule has 27 heavy (non-hydrogen) atoms. The van der Waals surface area contributed by atoms with Gasteiger partial charge in [0.15, 0.2) is 11.6 Å². The SMILES string of the molecule is C=N/C(=C\C=C(/C)C(F)(F)F)CC1=C(C)C(=O)c2c(F)cc(F)cc2C1=O. The third-order valence-corrected chi connectivity index (χ3v) is 4.13. The lowest BCUT2D eigenvalue weighted by Crippen LogP contribution is -2.23. The van der Waals surface area contributed by atoms with Crippen LogP contribution in [0.15, 0.2) is 51.7 Å². The number of halogens is 5. The molecule has 1 aromatic carbocycles. The molecule has 0 spiro atoms. The van der Waals surface area contributed by atoms with Crippen molar-refractivity contribution in [3.05, 3.63) is 69.5 Å². The standard InChI is InChI=1S/C19H14F5NO2/c1-9(19(22,23)24)4-5-12(25-3)8-13-10(2)17(26)16-14(18(13)27)6-11(20)7-15(16)21/h4-7H,3,8H2,1-2H3/b9-4+,12-5-. The Labute approximate surface area is 151 Å². The molecule has 0 atom stereocenters. The van der Waals surface area contributed by atoms with Gasteiger partial charge in [-0.05, 0) is 32.7 Å². The Morgan fingerprint density at radius 1 is 1.15 bits per heavy atom. The molecule has 0 unspecified atom stereocenters. The zero-order valence-electron chi connectivity index (χ0n) is 14.4. The number of fused-ring (bicyclic) bond motifs is 1. The normalized spacial score (nSPS) is 16.0. The van der Waals surface area contributed by atoms with E-state index < -0.39 is 46.1 Å². The fourth-order valence-electron chi connectivity index (χ4n) is 2.52. The highest BCUT2D eigenvalue weighted by atomic mass is 19.4. The van der Waals surface area contributed by atoms with E-state index in [2.05, 4.69) is 11.7 Å². The summed E-state index contributed by atoms with van der Waals surface area (Å²) >= 11 is 0. The van der Waals surface area contributed by atoms with Gasteiger partial charge in [0.25, 0.3) is 0 Å². The molecular formula is C19H14F5NO2. The summed E-state index contributed by atoms with van der Waals surface area (Å²) in [5.41, 5.74) is -2.03. The zero-order valence-corrected chi connectivity index (χ0v) is 14.4. The van der Waals surface area contributed by atoms with Crippen molar-refractivity contribution in [3.8, 4) is 0 Å². The Bertz CT molecular complexity index is 936. The lowest BCUT2D eigenvalue weighted by molar-refractivity contribution is -0.0913. The summed E-state index contributed by atoms with van der Waals surface area (Å²) in [6.07, 6.45) is -3.04. The van der Waals surface area contributed by atoms with Crippen LogP contribution in [0.2, 0.25) is 0 Å². The van der Waals surface area contributed by atoms with Crippen molar-refractivity contribution in [2.45, 2.75) is 26.4 Å². The maximum Gasteiger partial charge on any atom is 0.412 e. The fraction of sp³-hybridized carbons (Fsp3) is 0.211. The number of hydrogen-bond acceptors (Lipinski definition) is 3. The lowest BCUT2D eigenvalue weighted by atomic mass is 9.82. The number of rotatable bonds is 4. The summed E-state index contributed by atoms with van der Waals surface area (Å²) in [7, 11) is 0. The number of alkyl halides is 3. The van der Waals surface area contributed by atoms with Crippen LogP contribution in [0.4, 0.5) is 22.0 Å². The Hall–Kier alpha value is -2.90. The van der Waals surface area contributed by atoms with E-state index in [1.165, 1.54) is 6.92 Å². The number of carbonyl (C=O) groups is 2. The van der Waals surface area contributed by atoms with Crippen molar-refractivity contribution in [1.82, 2.24) is 0 Å². The van der Waals surface area contributed by atoms with Gasteiger partial charge in [-0.15, -0.1) is 0 Å². The van der Waals surface area contributed by atoms with E-state index in [0.717, 1.165) is 25.1 Å². The first kappa shape index (κ1) is 20.4. The topological polar surface area (TPSA) is 46.5 Å². The molecular weight excluding hydrogens is 369 g/mol. The van der Waals surface area contributed by atoms with Crippen LogP contribution >= 0.6 is 0 Å². The van der Waals surface area contributed by atoms with Crippen molar-refractivity contribution in [1.29, 1.82) is 0 Å². The highest BCUT2D eigenvalue weighted by Gasteiger charge is 2.33. The van der Waals surface area contributed by atoms with Crippen LogP contribution in [-0.2, 0) is 0 Å². The van der Waals surface area contributed by atoms with Gasteiger partial charge in [-0.1, -0.05) is 6.08 Å². The van der Waals surface area contributed by atoms with Crippen LogP contribution in [0.5, 0.6) is 0 Å². The Morgan fingerprint density at radius 2 is 1.78 bits per heavy atom. The number of ketones is 2. The molecule has 0 N–H and O–H groups in total. The van der Waals surface area contributed by atoms with Gasteiger partial charge in [-0.25, -0.2) is 8.78 Å². The second-order valence-electron chi connectivity index (χ2n) is 5.91. The number of Topliss-reactive ketones (excluding diaryl/α,β-unsaturated/α-hetero) is 2. The monoisotopic (exact) mass is 383 g/mol. The number of hydrogen-bond donors (Lipinski definition) is 0. The molecule has 1 aliphatic carbocycles. The molecule has 1 aliphatic rings. The van der Waals surface area contributed by atoms with Crippen LogP contribution in [0.1, 0.15) is 41.0 Å². The smallest absolute Gasteiger partial charge is 0.289 e. The average molecular weight is 383 g/mol. The molecule has 142 valence electrons. The van der Waals surface area contributed by atoms with Crippen molar-refractivity contribution in [3.63, 3.8) is 0 Å². The first-order chi connectivity index (χ1) is 12.5. The second-order valence-corrected chi connectivity index (χ2v) is 5.91. The molecule has 8 heteroatoms. The molecule has 0 radical (unpaired) electrons. The van der Waals surface area contributed by atoms with Crippen LogP contribution in [0.25, 0.3) is 0 Å². The Balaban J connectivity index is 2.46. The van der Waals surface area contributed by atoms with Crippen LogP contribution in [0.3, 0.4) is 0 Å². The van der Waals surface area contributed by atoms with Crippen molar-refractivity contribution in [2.24, 2.45) is 4.99 Å². The van der Waals surface area contributed by atoms with Gasteiger partial charge in [0.05, 0.1) is 5.56 Å². The largest absolute Gasteiger partial charge is 0.412 e. The van der Waals surface area contributed by atoms with Crippen molar-refractivity contribution in [2.75, 3.05) is 0 Å². The average Bonchev–Trinajstić information content (AvgIpc) is 2.57. The molecule has 0 aliphatic heterocycles. The first-order valence-electron chi connectivity index (χ1n) is 7.67. The predicted molar refractivity (Wildman–Crippen MR) is 89.8 cm³/mol. The summed E-state index contributed by atoms with van der Waals surface area (Å²) in [6, 6.07) is 1.26. The van der Waals surface area contributed by atoms with E-state index in [9.17, 15) is 31.5 Å². The highest BCUT2D eigenvalue weighted by molar-refractivity contribution is 6.26. The number of nitrogens with zero attached hydrogens (tertiary/aromatic N) is 1. The predicted octanol–water partition coefficient (Wildman–Crippen LogP) is 5.14. The molecule has 0 saturated carbocycles. The van der Waals surface area contributed by atoms with E-state index in [4.69, 9.17) is 0 Å². The van der Waals surface area contributed by atoms with E-state index in [-0.39, 0.29) is 23.3 Å². The van der Waals surface area contributed by atoms with Crippen LogP contribution in [-0.4, -0.2) is 24.5 Å². The summed E-state index contributed by atoms with van der Waals surface area (Å²) in [5.74, 6) is -3.75. The minimum atomic E-state index is -4.53. The number of aliphatic imine (C=N–C) groups is 1. The van der Waals surface area contributed by atoms with Gasteiger partial charge in [-0.2, -0.15) is 13.2 Å². The van der Waals surface area contributed by atoms with Gasteiger partial charge < -0.3 is 0 Å². The quantitative estimate of drug-likeness (QED) is 0.410. The summed E-state index contributed by atoms with van der Waals surface area (Å²) in [4.78, 5) is 28.5. The molecule has 0 aromatic heterocycles. The fourth-order valence-corrected chi connectivity index (χ4v) is 2.52. The van der Waals surface area contributed by atoms with Gasteiger partial charge in [0.1, 0.15) is 11.6 Å². The lowest BCUT2D eigenvalue weighted by Gasteiger charge is -2.19. The number of carbonyl (C=O) groups excluding carboxylic acids is 2. The number of benzene rings is 1. The Kier molecular flexibility index (Phi) is 5.58. The molecule has 0 saturated heterocycles. The molecule has 3 nitrogen and oxygen atoms in total. The third kappa shape index (κ3) is 4.10. The first-order valence-corrected chi connectivity index (χ1v) is 7.67. The van der Waals surface area contributed by atoms with E-state index >= 15 is 0 Å². The highest BCUT2D eigenvalue weighted by Crippen LogP contribution is 2.32. The molecule has 2 rings (SSSR count). The van der Waals surface area contributed by atoms with Gasteiger partial charge in [0, 0.05) is 40.5 Å². The van der Waals surface area contributed by atoms with Crippen molar-refractivity contribution < 1.29 is 31.5 Å². The van der Waals surface area contributed by atoms with Crippen LogP contribution in [0, 0.1) is 11.6 Å². The molecule has 0 fully saturated rings. The third-order valence-electron chi connectivity index (χ3n) is 4.13. The molecule has 0 bridgehead atoms. The number of allylic oxidation sites excluding steroid dienone is 5. The zero-order chi connectivity index (χ0) is 20.5. The minimum Gasteiger partial charge on any atom is -0.289 e. The van der Waals surface area contributed by atoms with E-state index in [1.54, 1.807) is 0 Å². The summed E-state index contributed by atoms with van der Waals surface area (Å²) in [6.45, 7) is 5.39. The molecule has 1 aromatic rings.